The molecule has 0 aromatic heterocycles. The predicted molar refractivity (Wildman–Crippen MR) is 91.1 cm³/mol. The highest BCUT2D eigenvalue weighted by Gasteiger charge is 2.21. The van der Waals surface area contributed by atoms with E-state index in [1.54, 1.807) is 0 Å². The third-order valence-corrected chi connectivity index (χ3v) is 3.35. The molecule has 0 aliphatic carbocycles. The van der Waals surface area contributed by atoms with E-state index in [0.717, 1.165) is 6.42 Å². The molecule has 24 heavy (non-hydrogen) atoms. The van der Waals surface area contributed by atoms with Gasteiger partial charge in [-0.2, -0.15) is 0 Å². The summed E-state index contributed by atoms with van der Waals surface area (Å²) in [6, 6.07) is -2.49. The van der Waals surface area contributed by atoms with Crippen molar-refractivity contribution in [1.29, 1.82) is 0 Å². The number of unbranched alkanes of at least 4 members (excludes halogenated alkanes) is 1. The van der Waals surface area contributed by atoms with Crippen LogP contribution < -0.4 is 27.2 Å². The van der Waals surface area contributed by atoms with Crippen LogP contribution >= 0.6 is 0 Å². The van der Waals surface area contributed by atoms with Crippen LogP contribution in [0.3, 0.4) is 0 Å². The molecular formula is C15H31N5O4. The zero-order valence-electron chi connectivity index (χ0n) is 14.7. The van der Waals surface area contributed by atoms with Crippen LogP contribution in [0.2, 0.25) is 0 Å². The van der Waals surface area contributed by atoms with Crippen molar-refractivity contribution < 1.29 is 19.5 Å². The topological polar surface area (TPSA) is 146 Å². The van der Waals surface area contributed by atoms with Crippen LogP contribution in [0.15, 0.2) is 0 Å². The van der Waals surface area contributed by atoms with Crippen molar-refractivity contribution in [3.05, 3.63) is 0 Å². The molecule has 0 aliphatic rings. The largest absolute Gasteiger partial charge is 0.480 e. The number of carboxylic acid groups (broad SMARTS) is 1. The van der Waals surface area contributed by atoms with Gasteiger partial charge in [0.25, 0.3) is 5.91 Å². The minimum atomic E-state index is -1.12. The second-order valence-electron chi connectivity index (χ2n) is 6.11. The number of hydrogen-bond acceptors (Lipinski definition) is 5. The summed E-state index contributed by atoms with van der Waals surface area (Å²) in [4.78, 5) is 34.7. The van der Waals surface area contributed by atoms with Crippen molar-refractivity contribution in [1.82, 2.24) is 21.5 Å². The van der Waals surface area contributed by atoms with E-state index in [1.165, 1.54) is 6.92 Å². The number of carboxylic acids is 1. The molecule has 9 nitrogen and oxygen atoms in total. The number of urea groups is 1. The first-order valence-corrected chi connectivity index (χ1v) is 8.30. The summed E-state index contributed by atoms with van der Waals surface area (Å²) in [5, 5.41) is 13.9. The van der Waals surface area contributed by atoms with Crippen molar-refractivity contribution in [2.24, 2.45) is 11.7 Å². The number of aliphatic carboxylic acids is 1. The molecule has 0 radical (unpaired) electrons. The Kier molecular flexibility index (Phi) is 11.6. The number of carbonyl (C=O) groups excluding carboxylic acids is 2. The summed E-state index contributed by atoms with van der Waals surface area (Å²) in [5.74, 6) is -0.999. The van der Waals surface area contributed by atoms with Gasteiger partial charge in [-0.05, 0) is 45.1 Å². The van der Waals surface area contributed by atoms with Crippen LogP contribution in [0.1, 0.15) is 46.5 Å². The molecule has 140 valence electrons. The fourth-order valence-electron chi connectivity index (χ4n) is 1.83. The van der Waals surface area contributed by atoms with Crippen molar-refractivity contribution in [2.45, 2.75) is 58.5 Å². The van der Waals surface area contributed by atoms with E-state index in [9.17, 15) is 14.4 Å². The van der Waals surface area contributed by atoms with Gasteiger partial charge in [0.1, 0.15) is 12.1 Å². The van der Waals surface area contributed by atoms with E-state index >= 15 is 0 Å². The van der Waals surface area contributed by atoms with Crippen LogP contribution in [0, 0.1) is 5.92 Å². The Hall–Kier alpha value is -1.87. The predicted octanol–water partition coefficient (Wildman–Crippen LogP) is -0.0768. The zero-order chi connectivity index (χ0) is 18.5. The summed E-state index contributed by atoms with van der Waals surface area (Å²) in [5.41, 5.74) is 10.6. The van der Waals surface area contributed by atoms with Crippen LogP contribution in [0.5, 0.6) is 0 Å². The summed E-state index contributed by atoms with van der Waals surface area (Å²) in [6.07, 6.45) is 2.49. The van der Waals surface area contributed by atoms with Crippen molar-refractivity contribution in [3.63, 3.8) is 0 Å². The maximum Gasteiger partial charge on any atom is 0.326 e. The highest BCUT2D eigenvalue weighted by Crippen LogP contribution is 2.01. The number of nitrogens with two attached hydrogens (primary N) is 1. The van der Waals surface area contributed by atoms with E-state index in [-0.39, 0.29) is 6.42 Å². The fourth-order valence-corrected chi connectivity index (χ4v) is 1.83. The Morgan fingerprint density at radius 1 is 1.04 bits per heavy atom. The van der Waals surface area contributed by atoms with Gasteiger partial charge in [0.05, 0.1) is 0 Å². The molecule has 0 aromatic carbocycles. The number of hydrogen-bond donors (Lipinski definition) is 6. The minimum Gasteiger partial charge on any atom is -0.480 e. The first-order valence-electron chi connectivity index (χ1n) is 8.30. The van der Waals surface area contributed by atoms with E-state index in [2.05, 4.69) is 35.3 Å². The smallest absolute Gasteiger partial charge is 0.326 e. The van der Waals surface area contributed by atoms with Gasteiger partial charge in [0.2, 0.25) is 0 Å². The molecule has 0 saturated heterocycles. The van der Waals surface area contributed by atoms with Gasteiger partial charge < -0.3 is 21.5 Å². The monoisotopic (exact) mass is 345 g/mol. The van der Waals surface area contributed by atoms with Crippen LogP contribution in [0.4, 0.5) is 4.79 Å². The Labute approximate surface area is 143 Å². The maximum absolute atomic E-state index is 11.8. The summed E-state index contributed by atoms with van der Waals surface area (Å²) >= 11 is 0. The van der Waals surface area contributed by atoms with Crippen LogP contribution in [-0.2, 0) is 9.59 Å². The third-order valence-electron chi connectivity index (χ3n) is 3.35. The zero-order valence-corrected chi connectivity index (χ0v) is 14.7. The maximum atomic E-state index is 11.8. The summed E-state index contributed by atoms with van der Waals surface area (Å²) in [7, 11) is 0. The number of carbonyl (C=O) groups is 3. The Balaban J connectivity index is 4.17. The van der Waals surface area contributed by atoms with Crippen molar-refractivity contribution in [2.75, 3.05) is 13.1 Å². The molecule has 7 N–H and O–H groups in total. The van der Waals surface area contributed by atoms with Crippen LogP contribution in [-0.4, -0.2) is 48.2 Å². The highest BCUT2D eigenvalue weighted by atomic mass is 16.4. The minimum absolute atomic E-state index is 0.289. The van der Waals surface area contributed by atoms with Gasteiger partial charge >= 0.3 is 12.0 Å². The molecule has 0 saturated carbocycles. The van der Waals surface area contributed by atoms with Gasteiger partial charge in [-0.1, -0.05) is 13.8 Å². The Bertz CT molecular complexity index is 403. The van der Waals surface area contributed by atoms with Gasteiger partial charge in [-0.3, -0.25) is 10.2 Å². The number of rotatable bonds is 12. The first-order chi connectivity index (χ1) is 11.3. The lowest BCUT2D eigenvalue weighted by atomic mass is 10.1. The Morgan fingerprint density at radius 2 is 1.71 bits per heavy atom. The molecular weight excluding hydrogens is 314 g/mol. The quantitative estimate of drug-likeness (QED) is 0.215. The lowest BCUT2D eigenvalue weighted by molar-refractivity contribution is -0.139. The molecule has 0 bridgehead atoms. The van der Waals surface area contributed by atoms with E-state index in [0.29, 0.717) is 31.8 Å². The third kappa shape index (κ3) is 10.8. The second kappa shape index (κ2) is 12.5. The van der Waals surface area contributed by atoms with Crippen molar-refractivity contribution in [3.8, 4) is 0 Å². The molecule has 2 unspecified atom stereocenters. The first kappa shape index (κ1) is 22.1. The molecule has 0 aliphatic heterocycles. The van der Waals surface area contributed by atoms with Crippen LogP contribution in [0.25, 0.3) is 0 Å². The molecule has 0 spiro atoms. The standard InChI is InChI=1S/C15H31N5O4/c1-10(2)7-9-17-20-13(21)11(3)18-15(24)19-12(14(22)23)6-4-5-8-16/h10-12,17H,4-9,16H2,1-3H3,(H,20,21)(H,22,23)(H2,18,19,24). The van der Waals surface area contributed by atoms with E-state index < -0.39 is 30.0 Å². The fraction of sp³-hybridized carbons (Fsp3) is 0.800. The molecule has 0 fully saturated rings. The lowest BCUT2D eigenvalue weighted by Gasteiger charge is -2.18. The summed E-state index contributed by atoms with van der Waals surface area (Å²) < 4.78 is 0. The van der Waals surface area contributed by atoms with Gasteiger partial charge in [-0.15, -0.1) is 0 Å². The molecule has 0 heterocycles. The van der Waals surface area contributed by atoms with Gasteiger partial charge in [0, 0.05) is 6.54 Å². The van der Waals surface area contributed by atoms with Gasteiger partial charge in [0.15, 0.2) is 0 Å². The summed E-state index contributed by atoms with van der Waals surface area (Å²) in [6.45, 7) is 6.77. The Morgan fingerprint density at radius 3 is 2.25 bits per heavy atom. The SMILES string of the molecule is CC(C)CCNNC(=O)C(C)NC(=O)NC(CCCCN)C(=O)O. The molecule has 2 atom stereocenters. The average molecular weight is 345 g/mol. The van der Waals surface area contributed by atoms with E-state index in [1.807, 2.05) is 0 Å². The number of nitrogens with one attached hydrogen (secondary N) is 4. The lowest BCUT2D eigenvalue weighted by Crippen LogP contribution is -2.54. The molecule has 0 aromatic rings. The number of amides is 3. The number of hydrazine groups is 1. The average Bonchev–Trinajstić information content (AvgIpc) is 2.50. The van der Waals surface area contributed by atoms with E-state index in [4.69, 9.17) is 10.8 Å². The highest BCUT2D eigenvalue weighted by molar-refractivity contribution is 5.88. The molecule has 9 heteroatoms. The molecule has 3 amide bonds. The van der Waals surface area contributed by atoms with Gasteiger partial charge in [-0.25, -0.2) is 15.0 Å². The molecule has 0 rings (SSSR count). The second-order valence-corrected chi connectivity index (χ2v) is 6.11. The van der Waals surface area contributed by atoms with Crippen molar-refractivity contribution >= 4 is 17.9 Å². The normalized spacial score (nSPS) is 13.2.